The largest absolute Gasteiger partial charge is 0.457 e. The number of fused-ring (bicyclic) bond motifs is 5. The van der Waals surface area contributed by atoms with Gasteiger partial charge in [-0.05, 0) is 68.1 Å². The first-order valence-electron chi connectivity index (χ1n) is 19.6. The molecule has 0 aliphatic carbocycles. The van der Waals surface area contributed by atoms with E-state index < -0.39 is 5.41 Å². The lowest BCUT2D eigenvalue weighted by molar-refractivity contribution is 0.434. The quantitative estimate of drug-likeness (QED) is 0.159. The minimum atomic E-state index is -0.639. The summed E-state index contributed by atoms with van der Waals surface area (Å²) >= 11 is 0. The molecule has 0 spiro atoms. The Labute approximate surface area is 336 Å². The van der Waals surface area contributed by atoms with E-state index in [0.29, 0.717) is 17.5 Å². The molecule has 0 unspecified atom stereocenters. The van der Waals surface area contributed by atoms with Crippen molar-refractivity contribution in [2.75, 3.05) is 0 Å². The minimum Gasteiger partial charge on any atom is -0.457 e. The number of hydrogen-bond donors (Lipinski definition) is 0. The van der Waals surface area contributed by atoms with E-state index in [1.54, 1.807) is 0 Å². The predicted molar refractivity (Wildman–Crippen MR) is 235 cm³/mol. The molecule has 0 saturated carbocycles. The molecule has 1 aromatic heterocycles. The summed E-state index contributed by atoms with van der Waals surface area (Å²) in [7, 11) is 0. The van der Waals surface area contributed by atoms with Crippen LogP contribution in [0.15, 0.2) is 212 Å². The molecule has 4 heteroatoms. The van der Waals surface area contributed by atoms with Gasteiger partial charge in [0.2, 0.25) is 0 Å². The lowest BCUT2D eigenvalue weighted by atomic mass is 9.63. The smallest absolute Gasteiger partial charge is 0.164 e. The van der Waals surface area contributed by atoms with Crippen LogP contribution in [0.2, 0.25) is 0 Å². The van der Waals surface area contributed by atoms with Crippen LogP contribution in [0, 0.1) is 0 Å². The third-order valence-electron chi connectivity index (χ3n) is 11.5. The summed E-state index contributed by atoms with van der Waals surface area (Å²) in [6.07, 6.45) is 0. The maximum atomic E-state index is 6.58. The van der Waals surface area contributed by atoms with E-state index in [0.717, 1.165) is 61.4 Å². The molecule has 2 heterocycles. The van der Waals surface area contributed by atoms with Gasteiger partial charge >= 0.3 is 0 Å². The fourth-order valence-electron chi connectivity index (χ4n) is 8.82. The van der Waals surface area contributed by atoms with Crippen molar-refractivity contribution >= 4 is 21.5 Å². The van der Waals surface area contributed by atoms with Gasteiger partial charge in [-0.15, -0.1) is 0 Å². The maximum absolute atomic E-state index is 6.58. The fraction of sp³-hybridized carbons (Fsp3) is 0.0185. The van der Waals surface area contributed by atoms with Crippen LogP contribution in [0.4, 0.5) is 0 Å². The molecule has 0 N–H and O–H groups in total. The van der Waals surface area contributed by atoms with Crippen LogP contribution < -0.4 is 4.74 Å². The molecule has 0 fully saturated rings. The van der Waals surface area contributed by atoms with Gasteiger partial charge in [-0.3, -0.25) is 0 Å². The zero-order chi connectivity index (χ0) is 38.5. The van der Waals surface area contributed by atoms with E-state index in [1.807, 2.05) is 30.3 Å². The van der Waals surface area contributed by atoms with Gasteiger partial charge in [0.05, 0.1) is 5.41 Å². The Bertz CT molecular complexity index is 3110. The number of para-hydroxylation sites is 2. The van der Waals surface area contributed by atoms with E-state index >= 15 is 0 Å². The summed E-state index contributed by atoms with van der Waals surface area (Å²) < 4.78 is 6.58. The first-order chi connectivity index (χ1) is 28.7. The monoisotopic (exact) mass is 741 g/mol. The molecule has 9 aromatic carbocycles. The molecule has 4 nitrogen and oxygen atoms in total. The summed E-state index contributed by atoms with van der Waals surface area (Å²) in [5.74, 6) is 3.57. The molecule has 58 heavy (non-hydrogen) atoms. The number of rotatable bonds is 6. The second-order valence-corrected chi connectivity index (χ2v) is 14.7. The Balaban J connectivity index is 1.11. The summed E-state index contributed by atoms with van der Waals surface area (Å²) in [4.78, 5) is 15.5. The van der Waals surface area contributed by atoms with Crippen molar-refractivity contribution in [2.45, 2.75) is 5.41 Å². The number of nitrogens with zero attached hydrogens (tertiary/aromatic N) is 3. The van der Waals surface area contributed by atoms with Crippen LogP contribution in [-0.4, -0.2) is 15.0 Å². The van der Waals surface area contributed by atoms with E-state index in [4.69, 9.17) is 19.7 Å². The van der Waals surface area contributed by atoms with Crippen molar-refractivity contribution in [3.05, 3.63) is 235 Å². The van der Waals surface area contributed by atoms with Crippen molar-refractivity contribution in [1.82, 2.24) is 15.0 Å². The summed E-state index contributed by atoms with van der Waals surface area (Å²) in [5.41, 5.74) is 8.75. The summed E-state index contributed by atoms with van der Waals surface area (Å²) in [5, 5.41) is 4.79. The molecule has 11 rings (SSSR count). The molecular weight excluding hydrogens is 707 g/mol. The van der Waals surface area contributed by atoms with Crippen LogP contribution >= 0.6 is 0 Å². The maximum Gasteiger partial charge on any atom is 0.164 e. The Morgan fingerprint density at radius 1 is 0.328 bits per heavy atom. The summed E-state index contributed by atoms with van der Waals surface area (Å²) in [6.45, 7) is 0. The highest BCUT2D eigenvalue weighted by atomic mass is 16.5. The molecule has 0 atom stereocenters. The van der Waals surface area contributed by atoms with Crippen molar-refractivity contribution in [3.8, 4) is 56.8 Å². The Morgan fingerprint density at radius 3 is 1.66 bits per heavy atom. The molecular formula is C54H35N3O. The number of ether oxygens (including phenoxy) is 1. The van der Waals surface area contributed by atoms with Crippen molar-refractivity contribution in [1.29, 1.82) is 0 Å². The predicted octanol–water partition coefficient (Wildman–Crippen LogP) is 13.3. The zero-order valence-corrected chi connectivity index (χ0v) is 31.5. The minimum absolute atomic E-state index is 0.614. The highest BCUT2D eigenvalue weighted by molar-refractivity contribution is 6.08. The molecule has 0 radical (unpaired) electrons. The second kappa shape index (κ2) is 13.8. The first-order valence-corrected chi connectivity index (χ1v) is 19.6. The van der Waals surface area contributed by atoms with Crippen molar-refractivity contribution in [2.24, 2.45) is 0 Å². The topological polar surface area (TPSA) is 47.9 Å². The summed E-state index contributed by atoms with van der Waals surface area (Å²) in [6, 6.07) is 74.5. The van der Waals surface area contributed by atoms with Gasteiger partial charge in [-0.2, -0.15) is 0 Å². The third kappa shape index (κ3) is 5.49. The normalized spacial score (nSPS) is 12.8. The van der Waals surface area contributed by atoms with E-state index in [9.17, 15) is 0 Å². The van der Waals surface area contributed by atoms with Gasteiger partial charge in [0.1, 0.15) is 11.5 Å². The SMILES string of the molecule is c1ccc(-c2nc(-c3ccc4c(ccc5ccccc54)c3)nc(-c3ccccc3-c3cccc(C4(c5ccccc5)c5ccccc5Oc5ccccc54)c3)n2)cc1. The van der Waals surface area contributed by atoms with Crippen LogP contribution in [0.25, 0.3) is 66.8 Å². The van der Waals surface area contributed by atoms with E-state index in [-0.39, 0.29) is 0 Å². The Hall–Kier alpha value is -7.69. The molecule has 0 bridgehead atoms. The van der Waals surface area contributed by atoms with Crippen LogP contribution in [-0.2, 0) is 5.41 Å². The Morgan fingerprint density at radius 2 is 0.879 bits per heavy atom. The van der Waals surface area contributed by atoms with Crippen LogP contribution in [0.1, 0.15) is 22.3 Å². The third-order valence-corrected chi connectivity index (χ3v) is 11.5. The first kappa shape index (κ1) is 33.6. The molecule has 0 amide bonds. The standard InChI is InChI=1S/C54H35N3O/c1-3-17-37(18-4-1)51-55-52(40-32-33-45-39(34-40)31-30-36-16-7-8-23-43(36)45)57-53(56-51)46-25-10-9-24-44(46)38-19-15-22-42(35-38)54(41-20-5-2-6-21-41)47-26-11-13-28-49(47)58-50-29-14-12-27-48(50)54/h1-35H. The molecule has 1 aliphatic heterocycles. The van der Waals surface area contributed by atoms with Gasteiger partial charge in [0, 0.05) is 27.8 Å². The lowest BCUT2D eigenvalue weighted by Gasteiger charge is -2.41. The van der Waals surface area contributed by atoms with Gasteiger partial charge in [0.15, 0.2) is 17.5 Å². The van der Waals surface area contributed by atoms with Crippen molar-refractivity contribution in [3.63, 3.8) is 0 Å². The van der Waals surface area contributed by atoms with Gasteiger partial charge in [-0.25, -0.2) is 15.0 Å². The Kier molecular flexibility index (Phi) is 8.00. The van der Waals surface area contributed by atoms with Crippen LogP contribution in [0.5, 0.6) is 11.5 Å². The van der Waals surface area contributed by atoms with Crippen molar-refractivity contribution < 1.29 is 4.74 Å². The number of hydrogen-bond acceptors (Lipinski definition) is 4. The zero-order valence-electron chi connectivity index (χ0n) is 31.5. The van der Waals surface area contributed by atoms with Gasteiger partial charge in [0.25, 0.3) is 0 Å². The van der Waals surface area contributed by atoms with Gasteiger partial charge < -0.3 is 4.74 Å². The number of aromatic nitrogens is 3. The van der Waals surface area contributed by atoms with E-state index in [1.165, 1.54) is 21.7 Å². The highest BCUT2D eigenvalue weighted by Gasteiger charge is 2.45. The molecule has 0 saturated heterocycles. The molecule has 10 aromatic rings. The average Bonchev–Trinajstić information content (AvgIpc) is 3.31. The highest BCUT2D eigenvalue weighted by Crippen LogP contribution is 2.55. The molecule has 1 aliphatic rings. The number of benzene rings is 9. The van der Waals surface area contributed by atoms with E-state index in [2.05, 4.69) is 182 Å². The fourth-order valence-corrected chi connectivity index (χ4v) is 8.82. The molecule has 272 valence electrons. The average molecular weight is 742 g/mol. The van der Waals surface area contributed by atoms with Gasteiger partial charge in [-0.1, -0.05) is 188 Å². The lowest BCUT2D eigenvalue weighted by Crippen LogP contribution is -2.34. The van der Waals surface area contributed by atoms with Crippen LogP contribution in [0.3, 0.4) is 0 Å². The second-order valence-electron chi connectivity index (χ2n) is 14.7.